The highest BCUT2D eigenvalue weighted by Gasteiger charge is 2.12. The molecule has 1 aliphatic heterocycles. The van der Waals surface area contributed by atoms with Crippen LogP contribution in [0, 0.1) is 0 Å². The van der Waals surface area contributed by atoms with Crippen LogP contribution in [0.2, 0.25) is 0 Å². The smallest absolute Gasteiger partial charge is 0.0375 e. The largest absolute Gasteiger partial charge is 0.385 e. The molecule has 1 aromatic rings. The average Bonchev–Trinajstić information content (AvgIpc) is 2.40. The van der Waals surface area contributed by atoms with E-state index in [1.807, 2.05) is 0 Å². The molecule has 0 aliphatic carbocycles. The average molecular weight is 246 g/mol. The number of anilines is 1. The van der Waals surface area contributed by atoms with E-state index in [9.17, 15) is 0 Å². The molecule has 1 heterocycles. The van der Waals surface area contributed by atoms with E-state index in [-0.39, 0.29) is 0 Å². The molecule has 2 nitrogen and oxygen atoms in total. The Morgan fingerprint density at radius 3 is 2.83 bits per heavy atom. The Morgan fingerprint density at radius 2 is 2.11 bits per heavy atom. The number of piperidine rings is 1. The Balaban J connectivity index is 1.82. The van der Waals surface area contributed by atoms with Crippen LogP contribution in [-0.2, 0) is 0 Å². The lowest BCUT2D eigenvalue weighted by Crippen LogP contribution is -2.35. The molecule has 2 heteroatoms. The normalized spacial score (nSPS) is 20.1. The van der Waals surface area contributed by atoms with Crippen molar-refractivity contribution in [2.24, 2.45) is 0 Å². The summed E-state index contributed by atoms with van der Waals surface area (Å²) in [6.45, 7) is 6.78. The molecule has 0 bridgehead atoms. The fraction of sp³-hybridized carbons (Fsp3) is 0.625. The van der Waals surface area contributed by atoms with Gasteiger partial charge in [-0.2, -0.15) is 0 Å². The summed E-state index contributed by atoms with van der Waals surface area (Å²) < 4.78 is 0. The van der Waals surface area contributed by atoms with Crippen LogP contribution < -0.4 is 10.6 Å². The van der Waals surface area contributed by atoms with E-state index in [0.717, 1.165) is 12.6 Å². The monoisotopic (exact) mass is 246 g/mol. The minimum Gasteiger partial charge on any atom is -0.385 e. The van der Waals surface area contributed by atoms with Crippen molar-refractivity contribution in [1.29, 1.82) is 0 Å². The number of rotatable bonds is 5. The minimum absolute atomic E-state index is 0.585. The second-order valence-corrected chi connectivity index (χ2v) is 5.60. The van der Waals surface area contributed by atoms with Gasteiger partial charge in [0.2, 0.25) is 0 Å². The maximum atomic E-state index is 3.60. The number of benzene rings is 1. The summed E-state index contributed by atoms with van der Waals surface area (Å²) in [5.41, 5.74) is 2.73. The van der Waals surface area contributed by atoms with Crippen LogP contribution in [-0.4, -0.2) is 19.1 Å². The molecular formula is C16H26N2. The summed E-state index contributed by atoms with van der Waals surface area (Å²) in [6.07, 6.45) is 5.31. The van der Waals surface area contributed by atoms with E-state index >= 15 is 0 Å². The third-order valence-corrected chi connectivity index (χ3v) is 3.80. The van der Waals surface area contributed by atoms with Gasteiger partial charge in [0.15, 0.2) is 0 Å². The van der Waals surface area contributed by atoms with E-state index in [1.54, 1.807) is 0 Å². The molecule has 2 rings (SSSR count). The maximum Gasteiger partial charge on any atom is 0.0375 e. The number of hydrogen-bond acceptors (Lipinski definition) is 2. The van der Waals surface area contributed by atoms with Crippen LogP contribution in [0.3, 0.4) is 0 Å². The van der Waals surface area contributed by atoms with Crippen molar-refractivity contribution in [2.75, 3.05) is 18.4 Å². The van der Waals surface area contributed by atoms with Crippen molar-refractivity contribution in [3.63, 3.8) is 0 Å². The minimum atomic E-state index is 0.585. The lowest BCUT2D eigenvalue weighted by Gasteiger charge is -2.24. The van der Waals surface area contributed by atoms with Crippen molar-refractivity contribution >= 4 is 5.69 Å². The van der Waals surface area contributed by atoms with Gasteiger partial charge in [-0.25, -0.2) is 0 Å². The van der Waals surface area contributed by atoms with Gasteiger partial charge >= 0.3 is 0 Å². The second kappa shape index (κ2) is 6.79. The molecule has 18 heavy (non-hydrogen) atoms. The summed E-state index contributed by atoms with van der Waals surface area (Å²) in [6, 6.07) is 9.39. The maximum absolute atomic E-state index is 3.60. The first-order valence-electron chi connectivity index (χ1n) is 7.33. The molecule has 1 aliphatic rings. The van der Waals surface area contributed by atoms with Crippen molar-refractivity contribution in [2.45, 2.75) is 51.5 Å². The quantitative estimate of drug-likeness (QED) is 0.826. The molecule has 0 amide bonds. The highest BCUT2D eigenvalue weighted by atomic mass is 14.9. The third-order valence-electron chi connectivity index (χ3n) is 3.80. The van der Waals surface area contributed by atoms with Gasteiger partial charge in [0, 0.05) is 18.3 Å². The van der Waals surface area contributed by atoms with E-state index in [4.69, 9.17) is 0 Å². The molecule has 1 saturated heterocycles. The fourth-order valence-corrected chi connectivity index (χ4v) is 2.71. The predicted octanol–water partition coefficient (Wildman–Crippen LogP) is 3.75. The Bertz CT molecular complexity index is 354. The van der Waals surface area contributed by atoms with Crippen LogP contribution in [0.25, 0.3) is 0 Å². The zero-order valence-electron chi connectivity index (χ0n) is 11.7. The van der Waals surface area contributed by atoms with Crippen LogP contribution in [0.15, 0.2) is 24.3 Å². The second-order valence-electron chi connectivity index (χ2n) is 5.60. The number of hydrogen-bond donors (Lipinski definition) is 2. The molecule has 0 radical (unpaired) electrons. The van der Waals surface area contributed by atoms with Crippen molar-refractivity contribution in [3.8, 4) is 0 Å². The number of nitrogens with one attached hydrogen (secondary N) is 2. The predicted molar refractivity (Wildman–Crippen MR) is 79.3 cm³/mol. The molecule has 1 fully saturated rings. The van der Waals surface area contributed by atoms with E-state index in [1.165, 1.54) is 43.5 Å². The van der Waals surface area contributed by atoms with Gasteiger partial charge in [0.25, 0.3) is 0 Å². The summed E-state index contributed by atoms with van der Waals surface area (Å²) in [7, 11) is 0. The summed E-state index contributed by atoms with van der Waals surface area (Å²) in [5, 5.41) is 7.20. The lowest BCUT2D eigenvalue weighted by molar-refractivity contribution is 0.389. The molecule has 100 valence electrons. The zero-order valence-corrected chi connectivity index (χ0v) is 11.7. The zero-order chi connectivity index (χ0) is 12.8. The Kier molecular flexibility index (Phi) is 5.06. The van der Waals surface area contributed by atoms with Gasteiger partial charge < -0.3 is 10.6 Å². The molecule has 2 N–H and O–H groups in total. The van der Waals surface area contributed by atoms with Crippen LogP contribution in [0.1, 0.15) is 51.0 Å². The van der Waals surface area contributed by atoms with Crippen molar-refractivity contribution in [3.05, 3.63) is 29.8 Å². The first-order chi connectivity index (χ1) is 8.77. The first kappa shape index (κ1) is 13.4. The first-order valence-corrected chi connectivity index (χ1v) is 7.33. The van der Waals surface area contributed by atoms with Gasteiger partial charge in [-0.1, -0.05) is 38.5 Å². The Morgan fingerprint density at radius 1 is 1.28 bits per heavy atom. The molecular weight excluding hydrogens is 220 g/mol. The van der Waals surface area contributed by atoms with Gasteiger partial charge in [-0.3, -0.25) is 0 Å². The van der Waals surface area contributed by atoms with Crippen LogP contribution in [0.4, 0.5) is 5.69 Å². The van der Waals surface area contributed by atoms with Crippen molar-refractivity contribution in [1.82, 2.24) is 5.32 Å². The SMILES string of the molecule is CC(C)c1ccccc1NCCC1CCCCN1. The Hall–Kier alpha value is -1.02. The molecule has 0 saturated carbocycles. The Labute approximate surface area is 111 Å². The molecule has 0 aromatic heterocycles. The standard InChI is InChI=1S/C16H26N2/c1-13(2)15-8-3-4-9-16(15)18-12-10-14-7-5-6-11-17-14/h3-4,8-9,13-14,17-18H,5-7,10-12H2,1-2H3. The summed E-state index contributed by atoms with van der Waals surface area (Å²) in [4.78, 5) is 0. The number of para-hydroxylation sites is 1. The molecule has 0 spiro atoms. The van der Waals surface area contributed by atoms with E-state index in [2.05, 4.69) is 48.7 Å². The van der Waals surface area contributed by atoms with Crippen LogP contribution in [0.5, 0.6) is 0 Å². The molecule has 1 unspecified atom stereocenters. The third kappa shape index (κ3) is 3.74. The highest BCUT2D eigenvalue weighted by molar-refractivity contribution is 5.52. The van der Waals surface area contributed by atoms with Crippen molar-refractivity contribution < 1.29 is 0 Å². The fourth-order valence-electron chi connectivity index (χ4n) is 2.71. The summed E-state index contributed by atoms with van der Waals surface area (Å²) >= 11 is 0. The van der Waals surface area contributed by atoms with Crippen LogP contribution >= 0.6 is 0 Å². The van der Waals surface area contributed by atoms with Gasteiger partial charge in [0.1, 0.15) is 0 Å². The summed E-state index contributed by atoms with van der Waals surface area (Å²) in [5.74, 6) is 0.585. The lowest BCUT2D eigenvalue weighted by atomic mass is 10.00. The topological polar surface area (TPSA) is 24.1 Å². The highest BCUT2D eigenvalue weighted by Crippen LogP contribution is 2.23. The van der Waals surface area contributed by atoms with E-state index < -0.39 is 0 Å². The molecule has 1 atom stereocenters. The van der Waals surface area contributed by atoms with Gasteiger partial charge in [-0.05, 0) is 43.4 Å². The molecule has 1 aromatic carbocycles. The van der Waals surface area contributed by atoms with Gasteiger partial charge in [0.05, 0.1) is 0 Å². The van der Waals surface area contributed by atoms with E-state index in [0.29, 0.717) is 5.92 Å². The van der Waals surface area contributed by atoms with Gasteiger partial charge in [-0.15, -0.1) is 0 Å².